The molecule has 1 aromatic rings. The van der Waals surface area contributed by atoms with Crippen LogP contribution in [0.15, 0.2) is 23.4 Å². The molecule has 0 aromatic heterocycles. The molecule has 0 unspecified atom stereocenters. The van der Waals surface area contributed by atoms with Crippen LogP contribution < -0.4 is 0 Å². The van der Waals surface area contributed by atoms with Crippen LogP contribution in [-0.4, -0.2) is 23.9 Å². The van der Waals surface area contributed by atoms with Crippen LogP contribution in [0.25, 0.3) is 0 Å². The van der Waals surface area contributed by atoms with Crippen molar-refractivity contribution in [2.75, 3.05) is 7.11 Å². The van der Waals surface area contributed by atoms with Gasteiger partial charge in [0.05, 0.1) is 12.1 Å². The van der Waals surface area contributed by atoms with Gasteiger partial charge in [-0.25, -0.2) is 0 Å². The largest absolute Gasteiger partial charge is 0.481 e. The molecule has 0 atom stereocenters. The first-order valence-corrected chi connectivity index (χ1v) is 6.06. The van der Waals surface area contributed by atoms with E-state index >= 15 is 0 Å². The Balaban J connectivity index is 2.96. The number of carboxylic acids is 1. The zero-order valence-electron chi connectivity index (χ0n) is 10.4. The highest BCUT2D eigenvalue weighted by Gasteiger charge is 2.09. The van der Waals surface area contributed by atoms with Crippen LogP contribution >= 0.6 is 11.6 Å². The Bertz CT molecular complexity index is 458. The normalized spacial score (nSPS) is 11.4. The third-order valence-electron chi connectivity index (χ3n) is 2.54. The molecule has 18 heavy (non-hydrogen) atoms. The summed E-state index contributed by atoms with van der Waals surface area (Å²) >= 11 is 6.12. The van der Waals surface area contributed by atoms with Gasteiger partial charge in [-0.15, -0.1) is 0 Å². The van der Waals surface area contributed by atoms with Crippen molar-refractivity contribution in [2.45, 2.75) is 26.2 Å². The summed E-state index contributed by atoms with van der Waals surface area (Å²) in [4.78, 5) is 15.3. The number of benzene rings is 1. The molecule has 0 bridgehead atoms. The van der Waals surface area contributed by atoms with E-state index in [2.05, 4.69) is 5.16 Å². The van der Waals surface area contributed by atoms with E-state index in [0.717, 1.165) is 17.5 Å². The minimum atomic E-state index is -0.866. The molecule has 0 fully saturated rings. The third kappa shape index (κ3) is 4.04. The molecule has 1 rings (SSSR count). The van der Waals surface area contributed by atoms with E-state index in [1.54, 1.807) is 6.07 Å². The van der Waals surface area contributed by atoms with E-state index in [1.165, 1.54) is 7.11 Å². The quantitative estimate of drug-likeness (QED) is 0.638. The van der Waals surface area contributed by atoms with Crippen molar-refractivity contribution in [3.05, 3.63) is 34.3 Å². The van der Waals surface area contributed by atoms with E-state index < -0.39 is 5.97 Å². The van der Waals surface area contributed by atoms with Gasteiger partial charge in [-0.3, -0.25) is 4.79 Å². The molecule has 0 heterocycles. The zero-order chi connectivity index (χ0) is 13.5. The van der Waals surface area contributed by atoms with Crippen LogP contribution in [0, 0.1) is 0 Å². The Labute approximate surface area is 111 Å². The molecule has 0 radical (unpaired) electrons. The predicted molar refractivity (Wildman–Crippen MR) is 71.2 cm³/mol. The van der Waals surface area contributed by atoms with Crippen molar-refractivity contribution in [2.24, 2.45) is 5.16 Å². The SMILES string of the molecule is CCc1ccc(C(CCC(=O)O)=NOC)cc1Cl. The smallest absolute Gasteiger partial charge is 0.303 e. The summed E-state index contributed by atoms with van der Waals surface area (Å²) in [5.74, 6) is -0.866. The second kappa shape index (κ2) is 7.01. The van der Waals surface area contributed by atoms with Crippen LogP contribution in [0.2, 0.25) is 5.02 Å². The molecule has 0 aliphatic heterocycles. The lowest BCUT2D eigenvalue weighted by atomic mass is 10.0. The second-order valence-electron chi connectivity index (χ2n) is 3.77. The molecular weight excluding hydrogens is 254 g/mol. The van der Waals surface area contributed by atoms with Gasteiger partial charge in [0.1, 0.15) is 7.11 Å². The Hall–Kier alpha value is -1.55. The van der Waals surface area contributed by atoms with Gasteiger partial charge < -0.3 is 9.94 Å². The minimum absolute atomic E-state index is 0.00927. The van der Waals surface area contributed by atoms with Gasteiger partial charge in [0.2, 0.25) is 0 Å². The Morgan fingerprint density at radius 3 is 2.67 bits per heavy atom. The van der Waals surface area contributed by atoms with E-state index in [1.807, 2.05) is 19.1 Å². The minimum Gasteiger partial charge on any atom is -0.481 e. The molecule has 98 valence electrons. The molecule has 5 heteroatoms. The van der Waals surface area contributed by atoms with E-state index in [9.17, 15) is 4.79 Å². The average Bonchev–Trinajstić information content (AvgIpc) is 2.34. The molecular formula is C13H16ClNO3. The maximum absolute atomic E-state index is 10.6. The first-order chi connectivity index (χ1) is 8.58. The topological polar surface area (TPSA) is 58.9 Å². The van der Waals surface area contributed by atoms with E-state index in [0.29, 0.717) is 17.2 Å². The first kappa shape index (κ1) is 14.5. The van der Waals surface area contributed by atoms with Crippen LogP contribution in [0.1, 0.15) is 30.9 Å². The van der Waals surface area contributed by atoms with Gasteiger partial charge in [-0.1, -0.05) is 35.8 Å². The van der Waals surface area contributed by atoms with Gasteiger partial charge in [-0.2, -0.15) is 0 Å². The summed E-state index contributed by atoms with van der Waals surface area (Å²) in [6, 6.07) is 5.59. The lowest BCUT2D eigenvalue weighted by molar-refractivity contribution is -0.136. The Kier molecular flexibility index (Phi) is 5.65. The Morgan fingerprint density at radius 2 is 2.17 bits per heavy atom. The lowest BCUT2D eigenvalue weighted by Gasteiger charge is -2.07. The van der Waals surface area contributed by atoms with Crippen molar-refractivity contribution in [1.29, 1.82) is 0 Å². The fourth-order valence-electron chi connectivity index (χ4n) is 1.59. The molecule has 0 aliphatic rings. The fourth-order valence-corrected chi connectivity index (χ4v) is 1.91. The number of carboxylic acid groups (broad SMARTS) is 1. The summed E-state index contributed by atoms with van der Waals surface area (Å²) in [5, 5.41) is 13.2. The maximum Gasteiger partial charge on any atom is 0.303 e. The second-order valence-corrected chi connectivity index (χ2v) is 4.18. The summed E-state index contributed by atoms with van der Waals surface area (Å²) in [6.07, 6.45) is 1.17. The number of aryl methyl sites for hydroxylation is 1. The van der Waals surface area contributed by atoms with Crippen LogP contribution in [0.4, 0.5) is 0 Å². The number of aliphatic carboxylic acids is 1. The van der Waals surface area contributed by atoms with Gasteiger partial charge in [0, 0.05) is 17.0 Å². The maximum atomic E-state index is 10.6. The van der Waals surface area contributed by atoms with Crippen LogP contribution in [-0.2, 0) is 16.1 Å². The summed E-state index contributed by atoms with van der Waals surface area (Å²) in [7, 11) is 1.43. The van der Waals surface area contributed by atoms with Gasteiger partial charge in [0.25, 0.3) is 0 Å². The van der Waals surface area contributed by atoms with Crippen molar-refractivity contribution in [3.63, 3.8) is 0 Å². The average molecular weight is 270 g/mol. The third-order valence-corrected chi connectivity index (χ3v) is 2.90. The fraction of sp³-hybridized carbons (Fsp3) is 0.385. The molecule has 0 saturated heterocycles. The molecule has 4 nitrogen and oxygen atoms in total. The molecule has 1 N–H and O–H groups in total. The van der Waals surface area contributed by atoms with Gasteiger partial charge in [-0.05, 0) is 18.1 Å². The standard InChI is InChI=1S/C13H16ClNO3/c1-3-9-4-5-10(8-11(9)14)12(15-18-2)6-7-13(16)17/h4-5,8H,3,6-7H2,1-2H3,(H,16,17). The van der Waals surface area contributed by atoms with Crippen LogP contribution in [0.3, 0.4) is 0 Å². The molecule has 1 aromatic carbocycles. The number of rotatable bonds is 6. The molecule has 0 saturated carbocycles. The number of nitrogens with zero attached hydrogens (tertiary/aromatic N) is 1. The monoisotopic (exact) mass is 269 g/mol. The van der Waals surface area contributed by atoms with Gasteiger partial charge >= 0.3 is 5.97 Å². The summed E-state index contributed by atoms with van der Waals surface area (Å²) < 4.78 is 0. The highest BCUT2D eigenvalue weighted by atomic mass is 35.5. The van der Waals surface area contributed by atoms with Crippen molar-refractivity contribution in [3.8, 4) is 0 Å². The zero-order valence-corrected chi connectivity index (χ0v) is 11.2. The number of halogens is 1. The van der Waals surface area contributed by atoms with Gasteiger partial charge in [0.15, 0.2) is 0 Å². The van der Waals surface area contributed by atoms with Crippen molar-refractivity contribution < 1.29 is 14.7 Å². The number of hydrogen-bond acceptors (Lipinski definition) is 3. The predicted octanol–water partition coefficient (Wildman–Crippen LogP) is 3.12. The Morgan fingerprint density at radius 1 is 1.44 bits per heavy atom. The summed E-state index contributed by atoms with van der Waals surface area (Å²) in [6.45, 7) is 2.02. The number of hydrogen-bond donors (Lipinski definition) is 1. The molecule has 0 amide bonds. The number of oxime groups is 1. The van der Waals surface area contributed by atoms with E-state index in [4.69, 9.17) is 21.5 Å². The van der Waals surface area contributed by atoms with Crippen molar-refractivity contribution >= 4 is 23.3 Å². The molecule has 0 aliphatic carbocycles. The highest BCUT2D eigenvalue weighted by molar-refractivity contribution is 6.31. The lowest BCUT2D eigenvalue weighted by Crippen LogP contribution is -2.06. The number of carbonyl (C=O) groups is 1. The van der Waals surface area contributed by atoms with Crippen LogP contribution in [0.5, 0.6) is 0 Å². The van der Waals surface area contributed by atoms with Crippen molar-refractivity contribution in [1.82, 2.24) is 0 Å². The van der Waals surface area contributed by atoms with E-state index in [-0.39, 0.29) is 6.42 Å². The summed E-state index contributed by atoms with van der Waals surface area (Å²) in [5.41, 5.74) is 2.43. The molecule has 0 spiro atoms. The first-order valence-electron chi connectivity index (χ1n) is 5.69. The highest BCUT2D eigenvalue weighted by Crippen LogP contribution is 2.20.